The molecule has 3 aromatic carbocycles. The number of carbonyl (C=O) groups excluding carboxylic acids is 1. The molecule has 1 amide bonds. The van der Waals surface area contributed by atoms with Crippen LogP contribution in [0.4, 0.5) is 0 Å². The third-order valence-corrected chi connectivity index (χ3v) is 7.10. The third kappa shape index (κ3) is 6.32. The highest BCUT2D eigenvalue weighted by atomic mass is 35.5. The van der Waals surface area contributed by atoms with Crippen molar-refractivity contribution in [3.63, 3.8) is 0 Å². The van der Waals surface area contributed by atoms with E-state index in [4.69, 9.17) is 39.5 Å². The Morgan fingerprint density at radius 1 is 1.00 bits per heavy atom. The maximum Gasteiger partial charge on any atom is 0.232 e. The van der Waals surface area contributed by atoms with Crippen LogP contribution in [0.25, 0.3) is 0 Å². The van der Waals surface area contributed by atoms with Gasteiger partial charge in [-0.1, -0.05) is 83.3 Å². The summed E-state index contributed by atoms with van der Waals surface area (Å²) in [4.78, 5) is 15.7. The van der Waals surface area contributed by atoms with Crippen LogP contribution in [0.2, 0.25) is 15.1 Å². The highest BCUT2D eigenvalue weighted by molar-refractivity contribution is 6.42. The van der Waals surface area contributed by atoms with Crippen LogP contribution in [0.1, 0.15) is 29.5 Å². The van der Waals surface area contributed by atoms with Crippen molar-refractivity contribution in [2.24, 2.45) is 0 Å². The number of benzene rings is 3. The van der Waals surface area contributed by atoms with E-state index in [1.165, 1.54) is 0 Å². The number of carbonyl (C=O) groups is 1. The Bertz CT molecular complexity index is 1110. The molecule has 0 radical (unpaired) electrons. The second-order valence-electron chi connectivity index (χ2n) is 8.62. The molecule has 0 spiro atoms. The van der Waals surface area contributed by atoms with E-state index in [9.17, 15) is 4.79 Å². The Morgan fingerprint density at radius 3 is 2.41 bits per heavy atom. The molecule has 0 bridgehead atoms. The van der Waals surface area contributed by atoms with Gasteiger partial charge < -0.3 is 10.1 Å². The average molecular weight is 518 g/mol. The summed E-state index contributed by atoms with van der Waals surface area (Å²) >= 11 is 18.3. The van der Waals surface area contributed by atoms with E-state index in [2.05, 4.69) is 17.1 Å². The van der Waals surface area contributed by atoms with Gasteiger partial charge in [0, 0.05) is 30.7 Å². The number of nitrogens with one attached hydrogen (secondary N) is 1. The quantitative estimate of drug-likeness (QED) is 0.407. The van der Waals surface area contributed by atoms with Gasteiger partial charge in [0.25, 0.3) is 0 Å². The van der Waals surface area contributed by atoms with Crippen LogP contribution < -0.4 is 5.32 Å². The van der Waals surface area contributed by atoms with E-state index in [1.54, 1.807) is 0 Å². The van der Waals surface area contributed by atoms with Gasteiger partial charge in [-0.05, 0) is 47.9 Å². The molecule has 0 aromatic heterocycles. The van der Waals surface area contributed by atoms with Gasteiger partial charge >= 0.3 is 0 Å². The van der Waals surface area contributed by atoms with Crippen LogP contribution in [0, 0.1) is 0 Å². The van der Waals surface area contributed by atoms with Gasteiger partial charge in [-0.15, -0.1) is 0 Å². The van der Waals surface area contributed by atoms with Gasteiger partial charge in [-0.3, -0.25) is 9.69 Å². The Hall–Kier alpha value is -2.08. The number of halogens is 3. The summed E-state index contributed by atoms with van der Waals surface area (Å²) in [6.45, 7) is 4.61. The molecule has 0 saturated carbocycles. The monoisotopic (exact) mass is 516 g/mol. The average Bonchev–Trinajstić information content (AvgIpc) is 2.84. The lowest BCUT2D eigenvalue weighted by atomic mass is 9.90. The van der Waals surface area contributed by atoms with Crippen LogP contribution in [-0.4, -0.2) is 42.6 Å². The molecular formula is C27H27Cl3N2O2. The SMILES string of the molecule is CC1COC(CNC(=O)C(c2ccccc2)c2ccc(Cl)cc2)CN1Cc1ccc(Cl)c(Cl)c1. The zero-order chi connectivity index (χ0) is 24.1. The lowest BCUT2D eigenvalue weighted by Gasteiger charge is -2.38. The van der Waals surface area contributed by atoms with Crippen molar-refractivity contribution in [3.05, 3.63) is 105 Å². The number of amides is 1. The van der Waals surface area contributed by atoms with Crippen molar-refractivity contribution in [1.82, 2.24) is 10.2 Å². The van der Waals surface area contributed by atoms with Gasteiger partial charge in [0.15, 0.2) is 0 Å². The molecule has 4 rings (SSSR count). The normalized spacial score (nSPS) is 19.5. The predicted molar refractivity (Wildman–Crippen MR) is 139 cm³/mol. The maximum atomic E-state index is 13.3. The van der Waals surface area contributed by atoms with Gasteiger partial charge in [0.2, 0.25) is 5.91 Å². The topological polar surface area (TPSA) is 41.6 Å². The fourth-order valence-corrected chi connectivity index (χ4v) is 4.65. The van der Waals surface area contributed by atoms with E-state index < -0.39 is 5.92 Å². The first kappa shape index (κ1) is 25.0. The van der Waals surface area contributed by atoms with Crippen molar-refractivity contribution in [3.8, 4) is 0 Å². The summed E-state index contributed by atoms with van der Waals surface area (Å²) in [5, 5.41) is 4.86. The van der Waals surface area contributed by atoms with Crippen molar-refractivity contribution in [2.45, 2.75) is 31.5 Å². The smallest absolute Gasteiger partial charge is 0.232 e. The largest absolute Gasteiger partial charge is 0.373 e. The molecule has 0 aliphatic carbocycles. The van der Waals surface area contributed by atoms with E-state index >= 15 is 0 Å². The van der Waals surface area contributed by atoms with E-state index in [0.29, 0.717) is 34.8 Å². The fraction of sp³-hybridized carbons (Fsp3) is 0.296. The second kappa shape index (κ2) is 11.6. The first-order valence-corrected chi connectivity index (χ1v) is 12.4. The summed E-state index contributed by atoms with van der Waals surface area (Å²) < 4.78 is 6.04. The Morgan fingerprint density at radius 2 is 1.71 bits per heavy atom. The molecule has 1 fully saturated rings. The molecule has 34 heavy (non-hydrogen) atoms. The van der Waals surface area contributed by atoms with Gasteiger partial charge in [0.05, 0.1) is 28.7 Å². The lowest BCUT2D eigenvalue weighted by Crippen LogP contribution is -2.51. The molecule has 1 heterocycles. The first-order chi connectivity index (χ1) is 16.4. The standard InChI is InChI=1S/C27H27Cl3N2O2/c1-18-17-34-23(16-32(18)15-19-7-12-24(29)25(30)13-19)14-31-27(33)26(20-5-3-2-4-6-20)21-8-10-22(28)11-9-21/h2-13,18,23,26H,14-17H2,1H3,(H,31,33). The van der Waals surface area contributed by atoms with E-state index in [0.717, 1.165) is 23.2 Å². The Labute approximate surface area is 215 Å². The molecule has 1 saturated heterocycles. The number of hydrogen-bond acceptors (Lipinski definition) is 3. The molecule has 1 N–H and O–H groups in total. The molecule has 7 heteroatoms. The Balaban J connectivity index is 1.42. The van der Waals surface area contributed by atoms with Gasteiger partial charge in [-0.2, -0.15) is 0 Å². The molecule has 178 valence electrons. The Kier molecular flexibility index (Phi) is 8.51. The van der Waals surface area contributed by atoms with E-state index in [-0.39, 0.29) is 18.1 Å². The number of hydrogen-bond donors (Lipinski definition) is 1. The number of ether oxygens (including phenoxy) is 1. The van der Waals surface area contributed by atoms with Crippen molar-refractivity contribution in [1.29, 1.82) is 0 Å². The zero-order valence-corrected chi connectivity index (χ0v) is 21.2. The predicted octanol–water partition coefficient (Wildman–Crippen LogP) is 6.18. The molecule has 1 aliphatic rings. The van der Waals surface area contributed by atoms with E-state index in [1.807, 2.05) is 72.8 Å². The van der Waals surface area contributed by atoms with Gasteiger partial charge in [-0.25, -0.2) is 0 Å². The number of morpholine rings is 1. The highest BCUT2D eigenvalue weighted by Crippen LogP contribution is 2.27. The number of rotatable bonds is 7. The second-order valence-corrected chi connectivity index (χ2v) is 9.87. The first-order valence-electron chi connectivity index (χ1n) is 11.3. The molecular weight excluding hydrogens is 491 g/mol. The molecule has 1 aliphatic heterocycles. The summed E-state index contributed by atoms with van der Waals surface area (Å²) in [6, 6.07) is 23.2. The van der Waals surface area contributed by atoms with Crippen LogP contribution in [-0.2, 0) is 16.1 Å². The maximum absolute atomic E-state index is 13.3. The fourth-order valence-electron chi connectivity index (χ4n) is 4.20. The lowest BCUT2D eigenvalue weighted by molar-refractivity contribution is -0.123. The summed E-state index contributed by atoms with van der Waals surface area (Å²) in [7, 11) is 0. The molecule has 3 aromatic rings. The van der Waals surface area contributed by atoms with Crippen molar-refractivity contribution >= 4 is 40.7 Å². The van der Waals surface area contributed by atoms with Crippen molar-refractivity contribution in [2.75, 3.05) is 19.7 Å². The van der Waals surface area contributed by atoms with Crippen LogP contribution in [0.5, 0.6) is 0 Å². The summed E-state index contributed by atoms with van der Waals surface area (Å²) in [6.07, 6.45) is -0.107. The zero-order valence-electron chi connectivity index (χ0n) is 18.9. The molecule has 3 atom stereocenters. The van der Waals surface area contributed by atoms with Crippen molar-refractivity contribution < 1.29 is 9.53 Å². The molecule has 4 nitrogen and oxygen atoms in total. The number of nitrogens with zero attached hydrogens (tertiary/aromatic N) is 1. The van der Waals surface area contributed by atoms with Crippen LogP contribution in [0.15, 0.2) is 72.8 Å². The van der Waals surface area contributed by atoms with Crippen LogP contribution >= 0.6 is 34.8 Å². The molecule has 3 unspecified atom stereocenters. The minimum Gasteiger partial charge on any atom is -0.373 e. The van der Waals surface area contributed by atoms with Gasteiger partial charge in [0.1, 0.15) is 0 Å². The minimum atomic E-state index is -0.423. The highest BCUT2D eigenvalue weighted by Gasteiger charge is 2.28. The summed E-state index contributed by atoms with van der Waals surface area (Å²) in [5.74, 6) is -0.486. The van der Waals surface area contributed by atoms with Crippen LogP contribution in [0.3, 0.4) is 0 Å². The summed E-state index contributed by atoms with van der Waals surface area (Å²) in [5.41, 5.74) is 2.92. The minimum absolute atomic E-state index is 0.0632. The third-order valence-electron chi connectivity index (χ3n) is 6.11.